The summed E-state index contributed by atoms with van der Waals surface area (Å²) in [5.41, 5.74) is -0.124. The Kier molecular flexibility index (Phi) is 5.88. The van der Waals surface area contributed by atoms with Crippen molar-refractivity contribution < 1.29 is 14.3 Å². The van der Waals surface area contributed by atoms with E-state index in [0.717, 1.165) is 32.1 Å². The van der Waals surface area contributed by atoms with E-state index in [1.165, 1.54) is 0 Å². The van der Waals surface area contributed by atoms with Crippen LogP contribution in [0, 0.1) is 5.92 Å². The highest BCUT2D eigenvalue weighted by Gasteiger charge is 2.52. The van der Waals surface area contributed by atoms with E-state index >= 15 is 0 Å². The number of carbonyl (C=O) groups excluding carboxylic acids is 2. The Balaban J connectivity index is 1.88. The van der Waals surface area contributed by atoms with Crippen LogP contribution >= 0.6 is 11.6 Å². The van der Waals surface area contributed by atoms with Crippen LogP contribution in [0.5, 0.6) is 0 Å². The Hall–Kier alpha value is -1.59. The molecule has 1 aromatic carbocycles. The zero-order chi connectivity index (χ0) is 18.7. The molecule has 142 valence electrons. The topological polar surface area (TPSA) is 58.6 Å². The first-order valence-electron chi connectivity index (χ1n) is 9.44. The Bertz CT molecular complexity index is 654. The largest absolute Gasteiger partial charge is 0.354 e. The van der Waals surface area contributed by atoms with Gasteiger partial charge in [-0.2, -0.15) is 0 Å². The molecule has 26 heavy (non-hydrogen) atoms. The third-order valence-corrected chi connectivity index (χ3v) is 5.44. The zero-order valence-corrected chi connectivity index (χ0v) is 16.2. The smallest absolute Gasteiger partial charge is 0.256 e. The molecule has 3 rings (SSSR count). The maximum Gasteiger partial charge on any atom is 0.256 e. The van der Waals surface area contributed by atoms with Gasteiger partial charge >= 0.3 is 0 Å². The van der Waals surface area contributed by atoms with E-state index in [2.05, 4.69) is 5.32 Å². The summed E-state index contributed by atoms with van der Waals surface area (Å²) >= 11 is 5.95. The highest BCUT2D eigenvalue weighted by molar-refractivity contribution is 6.30. The lowest BCUT2D eigenvalue weighted by atomic mass is 9.89. The molecule has 1 heterocycles. The normalized spacial score (nSPS) is 22.0. The van der Waals surface area contributed by atoms with E-state index in [-0.39, 0.29) is 18.4 Å². The molecule has 0 radical (unpaired) electrons. The van der Waals surface area contributed by atoms with Crippen LogP contribution in [-0.4, -0.2) is 41.6 Å². The minimum absolute atomic E-state index is 0.136. The van der Waals surface area contributed by atoms with Gasteiger partial charge in [0.2, 0.25) is 5.91 Å². The summed E-state index contributed by atoms with van der Waals surface area (Å²) in [4.78, 5) is 27.8. The maximum absolute atomic E-state index is 13.3. The minimum atomic E-state index is -0.658. The predicted molar refractivity (Wildman–Crippen MR) is 101 cm³/mol. The molecule has 2 aliphatic rings. The van der Waals surface area contributed by atoms with Gasteiger partial charge in [-0.05, 0) is 55.9 Å². The van der Waals surface area contributed by atoms with Gasteiger partial charge in [0.25, 0.3) is 5.91 Å². The first kappa shape index (κ1) is 19.2. The Morgan fingerprint density at radius 1 is 1.23 bits per heavy atom. The van der Waals surface area contributed by atoms with Crippen molar-refractivity contribution in [1.29, 1.82) is 0 Å². The van der Waals surface area contributed by atoms with Gasteiger partial charge in [0.1, 0.15) is 11.8 Å². The number of rotatable bonds is 4. The van der Waals surface area contributed by atoms with Crippen LogP contribution in [-0.2, 0) is 9.53 Å². The average molecular weight is 379 g/mol. The minimum Gasteiger partial charge on any atom is -0.354 e. The molecule has 0 bridgehead atoms. The van der Waals surface area contributed by atoms with Gasteiger partial charge in [-0.3, -0.25) is 14.5 Å². The molecule has 6 heteroatoms. The van der Waals surface area contributed by atoms with Crippen LogP contribution in [0.25, 0.3) is 0 Å². The fourth-order valence-electron chi connectivity index (χ4n) is 3.83. The molecular weight excluding hydrogens is 352 g/mol. The van der Waals surface area contributed by atoms with Crippen molar-refractivity contribution in [2.75, 3.05) is 13.2 Å². The van der Waals surface area contributed by atoms with Crippen LogP contribution in [0.3, 0.4) is 0 Å². The highest BCUT2D eigenvalue weighted by atomic mass is 35.5. The van der Waals surface area contributed by atoms with Crippen molar-refractivity contribution in [3.05, 3.63) is 34.9 Å². The molecule has 1 spiro atoms. The number of hydrogen-bond donors (Lipinski definition) is 1. The monoisotopic (exact) mass is 378 g/mol. The fraction of sp³-hybridized carbons (Fsp3) is 0.600. The summed E-state index contributed by atoms with van der Waals surface area (Å²) in [6.07, 6.45) is 4.70. The Labute approximate surface area is 160 Å². The second kappa shape index (κ2) is 7.97. The molecule has 1 atom stereocenters. The number of nitrogens with one attached hydrogen (secondary N) is 1. The molecule has 2 amide bonds. The molecule has 0 unspecified atom stereocenters. The van der Waals surface area contributed by atoms with Gasteiger partial charge in [-0.25, -0.2) is 0 Å². The molecule has 1 aliphatic heterocycles. The quantitative estimate of drug-likeness (QED) is 0.870. The van der Waals surface area contributed by atoms with Gasteiger partial charge in [0.05, 0.1) is 6.61 Å². The summed E-state index contributed by atoms with van der Waals surface area (Å²) < 4.78 is 6.12. The van der Waals surface area contributed by atoms with Crippen LogP contribution in [0.15, 0.2) is 24.3 Å². The van der Waals surface area contributed by atoms with Crippen LogP contribution < -0.4 is 5.32 Å². The Morgan fingerprint density at radius 2 is 1.88 bits per heavy atom. The third kappa shape index (κ3) is 3.89. The van der Waals surface area contributed by atoms with E-state index < -0.39 is 11.8 Å². The molecule has 1 saturated carbocycles. The maximum atomic E-state index is 13.3. The number of benzene rings is 1. The van der Waals surface area contributed by atoms with Gasteiger partial charge in [0, 0.05) is 17.1 Å². The summed E-state index contributed by atoms with van der Waals surface area (Å²) in [5, 5.41) is 3.54. The Morgan fingerprint density at radius 3 is 2.50 bits per heavy atom. The van der Waals surface area contributed by atoms with Crippen molar-refractivity contribution in [1.82, 2.24) is 10.2 Å². The van der Waals surface area contributed by atoms with Gasteiger partial charge in [-0.1, -0.05) is 31.9 Å². The van der Waals surface area contributed by atoms with Crippen molar-refractivity contribution in [2.24, 2.45) is 5.92 Å². The van der Waals surface area contributed by atoms with Gasteiger partial charge in [-0.15, -0.1) is 0 Å². The highest BCUT2D eigenvalue weighted by Crippen LogP contribution is 2.41. The van der Waals surface area contributed by atoms with E-state index in [4.69, 9.17) is 16.3 Å². The number of ether oxygens (including phenoxy) is 1. The van der Waals surface area contributed by atoms with Crippen molar-refractivity contribution in [3.63, 3.8) is 0 Å². The van der Waals surface area contributed by atoms with E-state index in [1.54, 1.807) is 29.2 Å². The van der Waals surface area contributed by atoms with Gasteiger partial charge < -0.3 is 10.1 Å². The summed E-state index contributed by atoms with van der Waals surface area (Å²) in [6, 6.07) is 6.24. The molecule has 1 aliphatic carbocycles. The van der Waals surface area contributed by atoms with Crippen LogP contribution in [0.4, 0.5) is 0 Å². The fourth-order valence-corrected chi connectivity index (χ4v) is 3.95. The zero-order valence-electron chi connectivity index (χ0n) is 15.5. The molecular formula is C20H27ClN2O3. The SMILES string of the molecule is CC(C)CNC(=O)[C@@H]1COC2(CCCCC2)N1C(=O)c1ccc(Cl)cc1. The summed E-state index contributed by atoms with van der Waals surface area (Å²) in [5.74, 6) is 0.0551. The van der Waals surface area contributed by atoms with Crippen LogP contribution in [0.1, 0.15) is 56.3 Å². The third-order valence-electron chi connectivity index (χ3n) is 5.19. The molecule has 1 N–H and O–H groups in total. The lowest BCUT2D eigenvalue weighted by molar-refractivity contribution is -0.127. The van der Waals surface area contributed by atoms with Crippen molar-refractivity contribution >= 4 is 23.4 Å². The molecule has 0 aromatic heterocycles. The van der Waals surface area contributed by atoms with Gasteiger partial charge in [0.15, 0.2) is 0 Å². The average Bonchev–Trinajstić information content (AvgIpc) is 2.99. The number of hydrogen-bond acceptors (Lipinski definition) is 3. The molecule has 2 fully saturated rings. The lowest BCUT2D eigenvalue weighted by Gasteiger charge is -2.41. The molecule has 1 aromatic rings. The number of carbonyl (C=O) groups is 2. The second-order valence-electron chi connectivity index (χ2n) is 7.65. The van der Waals surface area contributed by atoms with E-state index in [9.17, 15) is 9.59 Å². The first-order chi connectivity index (χ1) is 12.4. The molecule has 5 nitrogen and oxygen atoms in total. The predicted octanol–water partition coefficient (Wildman–Crippen LogP) is 3.61. The number of nitrogens with zero attached hydrogens (tertiary/aromatic N) is 1. The standard InChI is InChI=1S/C20H27ClN2O3/c1-14(2)12-22-18(24)17-13-26-20(10-4-3-5-11-20)23(17)19(25)15-6-8-16(21)9-7-15/h6-9,14,17H,3-5,10-13H2,1-2H3,(H,22,24)/t17-/m0/s1. The van der Waals surface area contributed by atoms with E-state index in [0.29, 0.717) is 23.0 Å². The lowest BCUT2D eigenvalue weighted by Crippen LogP contribution is -2.56. The number of halogens is 1. The van der Waals surface area contributed by atoms with Crippen molar-refractivity contribution in [2.45, 2.75) is 57.7 Å². The summed E-state index contributed by atoms with van der Waals surface area (Å²) in [6.45, 7) is 4.93. The molecule has 1 saturated heterocycles. The van der Waals surface area contributed by atoms with Crippen molar-refractivity contribution in [3.8, 4) is 0 Å². The summed E-state index contributed by atoms with van der Waals surface area (Å²) in [7, 11) is 0. The first-order valence-corrected chi connectivity index (χ1v) is 9.82. The number of amides is 2. The van der Waals surface area contributed by atoms with E-state index in [1.807, 2.05) is 13.8 Å². The second-order valence-corrected chi connectivity index (χ2v) is 8.09. The van der Waals surface area contributed by atoms with Crippen LogP contribution in [0.2, 0.25) is 5.02 Å².